The highest BCUT2D eigenvalue weighted by Gasteiger charge is 2.17. The lowest BCUT2D eigenvalue weighted by atomic mass is 10.1. The molecule has 0 spiro atoms. The van der Waals surface area contributed by atoms with E-state index in [1.807, 2.05) is 32.0 Å². The minimum Gasteiger partial charge on any atom is -0.497 e. The van der Waals surface area contributed by atoms with Gasteiger partial charge in [-0.2, -0.15) is 0 Å². The van der Waals surface area contributed by atoms with E-state index in [2.05, 4.69) is 5.32 Å². The van der Waals surface area contributed by atoms with Crippen LogP contribution in [0.15, 0.2) is 18.2 Å². The summed E-state index contributed by atoms with van der Waals surface area (Å²) in [6, 6.07) is 5.58. The smallest absolute Gasteiger partial charge is 0.228 e. The molecule has 0 saturated heterocycles. The maximum atomic E-state index is 10.9. The van der Waals surface area contributed by atoms with Crippen LogP contribution >= 0.6 is 0 Å². The van der Waals surface area contributed by atoms with Crippen molar-refractivity contribution in [3.8, 4) is 5.75 Å². The SMILES string of the molecule is CC.COc1ccc2c(c1)CC(=O)N2. The summed E-state index contributed by atoms with van der Waals surface area (Å²) in [5, 5.41) is 2.75. The molecular weight excluding hydrogens is 178 g/mol. The van der Waals surface area contributed by atoms with Gasteiger partial charge >= 0.3 is 0 Å². The van der Waals surface area contributed by atoms with Crippen molar-refractivity contribution in [1.82, 2.24) is 0 Å². The van der Waals surface area contributed by atoms with Gasteiger partial charge in [0.15, 0.2) is 0 Å². The summed E-state index contributed by atoms with van der Waals surface area (Å²) in [7, 11) is 1.62. The molecule has 0 aliphatic carbocycles. The molecule has 1 aliphatic rings. The molecule has 0 bridgehead atoms. The van der Waals surface area contributed by atoms with Crippen molar-refractivity contribution in [2.24, 2.45) is 0 Å². The van der Waals surface area contributed by atoms with Crippen molar-refractivity contribution >= 4 is 11.6 Å². The molecule has 2 rings (SSSR count). The van der Waals surface area contributed by atoms with Crippen LogP contribution < -0.4 is 10.1 Å². The summed E-state index contributed by atoms with van der Waals surface area (Å²) in [4.78, 5) is 10.9. The molecule has 0 saturated carbocycles. The van der Waals surface area contributed by atoms with Gasteiger partial charge < -0.3 is 10.1 Å². The molecule has 1 heterocycles. The van der Waals surface area contributed by atoms with Crippen LogP contribution in [0, 0.1) is 0 Å². The van der Waals surface area contributed by atoms with E-state index >= 15 is 0 Å². The molecule has 1 aromatic carbocycles. The van der Waals surface area contributed by atoms with Crippen molar-refractivity contribution in [2.45, 2.75) is 20.3 Å². The number of ether oxygens (including phenoxy) is 1. The Kier molecular flexibility index (Phi) is 3.51. The number of carbonyl (C=O) groups is 1. The standard InChI is InChI=1S/C9H9NO2.C2H6/c1-12-7-2-3-8-6(4-7)5-9(11)10-8;1-2/h2-4H,5H2,1H3,(H,10,11);1-2H3. The Labute approximate surface area is 84.1 Å². The quantitative estimate of drug-likeness (QED) is 0.742. The fraction of sp³-hybridized carbons (Fsp3) is 0.364. The number of methoxy groups -OCH3 is 1. The molecular formula is C11H15NO2. The van der Waals surface area contributed by atoms with E-state index < -0.39 is 0 Å². The van der Waals surface area contributed by atoms with Crippen molar-refractivity contribution in [1.29, 1.82) is 0 Å². The van der Waals surface area contributed by atoms with Crippen LogP contribution in [0.25, 0.3) is 0 Å². The number of anilines is 1. The first-order valence-electron chi connectivity index (χ1n) is 4.76. The summed E-state index contributed by atoms with van der Waals surface area (Å²) in [5.74, 6) is 0.850. The van der Waals surface area contributed by atoms with Gasteiger partial charge in [0.2, 0.25) is 5.91 Å². The first kappa shape index (κ1) is 10.6. The molecule has 76 valence electrons. The maximum Gasteiger partial charge on any atom is 0.228 e. The lowest BCUT2D eigenvalue weighted by molar-refractivity contribution is -0.115. The van der Waals surface area contributed by atoms with Gasteiger partial charge in [-0.1, -0.05) is 13.8 Å². The van der Waals surface area contributed by atoms with Crippen LogP contribution in [0.4, 0.5) is 5.69 Å². The van der Waals surface area contributed by atoms with Crippen molar-refractivity contribution in [3.05, 3.63) is 23.8 Å². The molecule has 0 atom stereocenters. The third-order valence-corrected chi connectivity index (χ3v) is 1.94. The number of carbonyl (C=O) groups excluding carboxylic acids is 1. The largest absolute Gasteiger partial charge is 0.497 e. The first-order valence-corrected chi connectivity index (χ1v) is 4.76. The molecule has 0 aromatic heterocycles. The summed E-state index contributed by atoms with van der Waals surface area (Å²) >= 11 is 0. The normalized spacial score (nSPS) is 12.4. The Hall–Kier alpha value is -1.51. The number of benzene rings is 1. The van der Waals surface area contributed by atoms with E-state index in [4.69, 9.17) is 4.74 Å². The highest BCUT2D eigenvalue weighted by atomic mass is 16.5. The average Bonchev–Trinajstić information content (AvgIpc) is 2.59. The van der Waals surface area contributed by atoms with E-state index in [1.54, 1.807) is 7.11 Å². The number of hydrogen-bond acceptors (Lipinski definition) is 2. The average molecular weight is 193 g/mol. The second-order valence-corrected chi connectivity index (χ2v) is 2.75. The third-order valence-electron chi connectivity index (χ3n) is 1.94. The molecule has 3 heteroatoms. The van der Waals surface area contributed by atoms with Gasteiger partial charge in [-0.15, -0.1) is 0 Å². The topological polar surface area (TPSA) is 38.3 Å². The Bertz CT molecular complexity index is 334. The number of amides is 1. The van der Waals surface area contributed by atoms with Crippen LogP contribution in [0.1, 0.15) is 19.4 Å². The Balaban J connectivity index is 0.000000461. The van der Waals surface area contributed by atoms with Gasteiger partial charge in [-0.3, -0.25) is 4.79 Å². The lowest BCUT2D eigenvalue weighted by Gasteiger charge is -2.01. The number of rotatable bonds is 1. The van der Waals surface area contributed by atoms with Gasteiger partial charge in [-0.05, 0) is 23.8 Å². The molecule has 3 nitrogen and oxygen atoms in total. The monoisotopic (exact) mass is 193 g/mol. The second-order valence-electron chi connectivity index (χ2n) is 2.75. The van der Waals surface area contributed by atoms with E-state index in [9.17, 15) is 4.79 Å². The number of fused-ring (bicyclic) bond motifs is 1. The summed E-state index contributed by atoms with van der Waals surface area (Å²) < 4.78 is 5.04. The van der Waals surface area contributed by atoms with Crippen LogP contribution in [-0.2, 0) is 11.2 Å². The fourth-order valence-electron chi connectivity index (χ4n) is 1.33. The van der Waals surface area contributed by atoms with Crippen LogP contribution in [0.5, 0.6) is 5.75 Å². The van der Waals surface area contributed by atoms with Crippen molar-refractivity contribution in [2.75, 3.05) is 12.4 Å². The van der Waals surface area contributed by atoms with Crippen molar-refractivity contribution in [3.63, 3.8) is 0 Å². The Morgan fingerprint density at radius 3 is 2.71 bits per heavy atom. The molecule has 14 heavy (non-hydrogen) atoms. The second kappa shape index (κ2) is 4.65. The van der Waals surface area contributed by atoms with E-state index in [-0.39, 0.29) is 5.91 Å². The maximum absolute atomic E-state index is 10.9. The van der Waals surface area contributed by atoms with Crippen LogP contribution in [0.3, 0.4) is 0 Å². The highest BCUT2D eigenvalue weighted by molar-refractivity contribution is 5.99. The van der Waals surface area contributed by atoms with Crippen LogP contribution in [-0.4, -0.2) is 13.0 Å². The third kappa shape index (κ3) is 2.05. The zero-order valence-electron chi connectivity index (χ0n) is 8.76. The number of nitrogens with one attached hydrogen (secondary N) is 1. The predicted octanol–water partition coefficient (Wildman–Crippen LogP) is 2.22. The Morgan fingerprint density at radius 1 is 1.36 bits per heavy atom. The summed E-state index contributed by atoms with van der Waals surface area (Å²) in [5.41, 5.74) is 1.92. The Morgan fingerprint density at radius 2 is 2.07 bits per heavy atom. The lowest BCUT2D eigenvalue weighted by Crippen LogP contribution is -2.03. The van der Waals surface area contributed by atoms with Crippen molar-refractivity contribution < 1.29 is 9.53 Å². The summed E-state index contributed by atoms with van der Waals surface area (Å²) in [6.07, 6.45) is 0.465. The van der Waals surface area contributed by atoms with Gasteiger partial charge in [0.05, 0.1) is 13.5 Å². The molecule has 0 radical (unpaired) electrons. The fourth-order valence-corrected chi connectivity index (χ4v) is 1.33. The summed E-state index contributed by atoms with van der Waals surface area (Å²) in [6.45, 7) is 4.00. The van der Waals surface area contributed by atoms with Crippen LogP contribution in [0.2, 0.25) is 0 Å². The molecule has 0 unspecified atom stereocenters. The van der Waals surface area contributed by atoms with Gasteiger partial charge in [0.25, 0.3) is 0 Å². The highest BCUT2D eigenvalue weighted by Crippen LogP contribution is 2.26. The van der Waals surface area contributed by atoms with E-state index in [1.165, 1.54) is 0 Å². The minimum atomic E-state index is 0.0539. The van der Waals surface area contributed by atoms with E-state index in [0.717, 1.165) is 17.0 Å². The van der Waals surface area contributed by atoms with Gasteiger partial charge in [0, 0.05) is 5.69 Å². The molecule has 1 aromatic rings. The minimum absolute atomic E-state index is 0.0539. The zero-order valence-corrected chi connectivity index (χ0v) is 8.76. The molecule has 1 N–H and O–H groups in total. The zero-order chi connectivity index (χ0) is 10.6. The molecule has 1 aliphatic heterocycles. The first-order chi connectivity index (χ1) is 6.79. The molecule has 1 amide bonds. The van der Waals surface area contributed by atoms with Gasteiger partial charge in [0.1, 0.15) is 5.75 Å². The van der Waals surface area contributed by atoms with Gasteiger partial charge in [-0.25, -0.2) is 0 Å². The van der Waals surface area contributed by atoms with E-state index in [0.29, 0.717) is 6.42 Å². The predicted molar refractivity (Wildman–Crippen MR) is 56.7 cm³/mol. The molecule has 0 fully saturated rings. The number of hydrogen-bond donors (Lipinski definition) is 1.